The van der Waals surface area contributed by atoms with E-state index in [4.69, 9.17) is 9.47 Å². The Morgan fingerprint density at radius 2 is 1.83 bits per heavy atom. The van der Waals surface area contributed by atoms with Crippen molar-refractivity contribution in [3.8, 4) is 5.75 Å². The van der Waals surface area contributed by atoms with Crippen molar-refractivity contribution in [2.24, 2.45) is 0 Å². The maximum Gasteiger partial charge on any atom is 0.306 e. The fraction of sp³-hybridized carbons (Fsp3) is 0.273. The molecule has 0 saturated heterocycles. The van der Waals surface area contributed by atoms with Crippen LogP contribution in [0.1, 0.15) is 36.5 Å². The summed E-state index contributed by atoms with van der Waals surface area (Å²) < 4.78 is 10.6. The summed E-state index contributed by atoms with van der Waals surface area (Å²) in [5, 5.41) is 0.494. The number of esters is 1. The first-order valence-corrected chi connectivity index (χ1v) is 9.42. The van der Waals surface area contributed by atoms with Crippen molar-refractivity contribution in [3.63, 3.8) is 0 Å². The highest BCUT2D eigenvalue weighted by molar-refractivity contribution is 6.00. The number of Topliss-reactive ketones (excluding diaryl/α,β-unsaturated/α-hetero) is 1. The lowest BCUT2D eigenvalue weighted by molar-refractivity contribution is -0.146. The quantitative estimate of drug-likeness (QED) is 0.466. The number of fused-ring (bicyclic) bond motifs is 1. The third kappa shape index (κ3) is 5.07. The van der Waals surface area contributed by atoms with Gasteiger partial charge in [0, 0.05) is 12.0 Å². The van der Waals surface area contributed by atoms with E-state index < -0.39 is 12.1 Å². The number of nitrogens with zero attached hydrogens (tertiary/aromatic N) is 1. The molecule has 0 aliphatic rings. The summed E-state index contributed by atoms with van der Waals surface area (Å²) in [6.45, 7) is 3.95. The minimum absolute atomic E-state index is 0.00216. The largest absolute Gasteiger partial charge is 0.494 e. The van der Waals surface area contributed by atoms with Gasteiger partial charge in [-0.15, -0.1) is 0 Å². The molecule has 7 nitrogen and oxygen atoms in total. The Hall–Kier alpha value is -3.48. The molecule has 29 heavy (non-hydrogen) atoms. The maximum atomic E-state index is 12.4. The fourth-order valence-electron chi connectivity index (χ4n) is 2.90. The van der Waals surface area contributed by atoms with Crippen LogP contribution < -0.4 is 10.3 Å². The Kier molecular flexibility index (Phi) is 6.39. The molecule has 1 atom stereocenters. The van der Waals surface area contributed by atoms with Crippen LogP contribution in [-0.2, 0) is 16.0 Å². The van der Waals surface area contributed by atoms with E-state index in [-0.39, 0.29) is 24.2 Å². The molecule has 3 aromatic rings. The van der Waals surface area contributed by atoms with Crippen molar-refractivity contribution >= 4 is 22.7 Å². The number of aromatic nitrogens is 2. The van der Waals surface area contributed by atoms with Crippen LogP contribution in [0.2, 0.25) is 0 Å². The van der Waals surface area contributed by atoms with Gasteiger partial charge in [0.15, 0.2) is 6.10 Å². The standard InChI is InChI=1S/C22H22N2O5/c1-3-28-16-10-8-15(9-11-16)21(26)14(2)29-20(25)13-12-19-23-18-7-5-4-6-17(18)22(27)24-19/h4-11,14H,3,12-13H2,1-2H3,(H,23,24,27)/t14-/m0/s1. The molecule has 0 amide bonds. The molecular formula is C22H22N2O5. The number of rotatable bonds is 8. The van der Waals surface area contributed by atoms with Gasteiger partial charge in [0.05, 0.1) is 23.9 Å². The topological polar surface area (TPSA) is 98.3 Å². The number of benzene rings is 2. The molecule has 1 heterocycles. The molecule has 0 aliphatic carbocycles. The first-order valence-electron chi connectivity index (χ1n) is 9.42. The Balaban J connectivity index is 1.57. The smallest absolute Gasteiger partial charge is 0.306 e. The van der Waals surface area contributed by atoms with E-state index >= 15 is 0 Å². The molecule has 0 radical (unpaired) electrons. The number of nitrogens with one attached hydrogen (secondary N) is 1. The van der Waals surface area contributed by atoms with E-state index in [1.165, 1.54) is 6.92 Å². The lowest BCUT2D eigenvalue weighted by atomic mass is 10.1. The monoisotopic (exact) mass is 394 g/mol. The molecular weight excluding hydrogens is 372 g/mol. The number of H-pyrrole nitrogens is 1. The van der Waals surface area contributed by atoms with E-state index in [0.29, 0.717) is 34.6 Å². The van der Waals surface area contributed by atoms with Crippen LogP contribution in [0, 0.1) is 0 Å². The number of aryl methyl sites for hydroxylation is 1. The number of carbonyl (C=O) groups excluding carboxylic acids is 2. The van der Waals surface area contributed by atoms with E-state index in [1.807, 2.05) is 6.92 Å². The summed E-state index contributed by atoms with van der Waals surface area (Å²) in [5.41, 5.74) is 0.756. The number of aromatic amines is 1. The highest BCUT2D eigenvalue weighted by atomic mass is 16.5. The molecule has 0 saturated carbocycles. The van der Waals surface area contributed by atoms with Gasteiger partial charge in [0.25, 0.3) is 5.56 Å². The normalized spacial score (nSPS) is 11.8. The van der Waals surface area contributed by atoms with Crippen LogP contribution in [0.15, 0.2) is 53.3 Å². The van der Waals surface area contributed by atoms with Crippen molar-refractivity contribution in [1.82, 2.24) is 9.97 Å². The minimum atomic E-state index is -0.913. The average molecular weight is 394 g/mol. The van der Waals surface area contributed by atoms with Gasteiger partial charge in [-0.2, -0.15) is 0 Å². The third-order valence-corrected chi connectivity index (χ3v) is 4.36. The zero-order chi connectivity index (χ0) is 20.8. The van der Waals surface area contributed by atoms with Gasteiger partial charge in [-0.25, -0.2) is 4.98 Å². The first-order chi connectivity index (χ1) is 14.0. The summed E-state index contributed by atoms with van der Waals surface area (Å²) in [5.74, 6) is 0.243. The summed E-state index contributed by atoms with van der Waals surface area (Å²) in [6.07, 6.45) is -0.700. The third-order valence-electron chi connectivity index (χ3n) is 4.36. The van der Waals surface area contributed by atoms with Gasteiger partial charge in [0.2, 0.25) is 5.78 Å². The second-order valence-corrected chi connectivity index (χ2v) is 6.48. The zero-order valence-corrected chi connectivity index (χ0v) is 16.3. The highest BCUT2D eigenvalue weighted by Gasteiger charge is 2.19. The Labute approximate surface area is 167 Å². The van der Waals surface area contributed by atoms with Gasteiger partial charge in [0.1, 0.15) is 11.6 Å². The van der Waals surface area contributed by atoms with Gasteiger partial charge in [-0.1, -0.05) is 12.1 Å². The van der Waals surface area contributed by atoms with E-state index in [9.17, 15) is 14.4 Å². The molecule has 1 aromatic heterocycles. The maximum absolute atomic E-state index is 12.4. The predicted molar refractivity (Wildman–Crippen MR) is 108 cm³/mol. The number of ether oxygens (including phenoxy) is 2. The lowest BCUT2D eigenvalue weighted by Gasteiger charge is -2.13. The minimum Gasteiger partial charge on any atom is -0.494 e. The van der Waals surface area contributed by atoms with E-state index in [2.05, 4.69) is 9.97 Å². The summed E-state index contributed by atoms with van der Waals surface area (Å²) in [7, 11) is 0. The molecule has 0 spiro atoms. The van der Waals surface area contributed by atoms with Crippen LogP contribution in [0.25, 0.3) is 10.9 Å². The van der Waals surface area contributed by atoms with Crippen LogP contribution in [0.4, 0.5) is 0 Å². The Morgan fingerprint density at radius 3 is 2.55 bits per heavy atom. The second kappa shape index (κ2) is 9.14. The van der Waals surface area contributed by atoms with Gasteiger partial charge in [-0.05, 0) is 50.2 Å². The fourth-order valence-corrected chi connectivity index (χ4v) is 2.90. The summed E-state index contributed by atoms with van der Waals surface area (Å²) in [4.78, 5) is 43.7. The molecule has 2 aromatic carbocycles. The number of ketones is 1. The van der Waals surface area contributed by atoms with Gasteiger partial charge < -0.3 is 14.5 Å². The number of hydrogen-bond donors (Lipinski definition) is 1. The molecule has 0 unspecified atom stereocenters. The SMILES string of the molecule is CCOc1ccc(C(=O)[C@H](C)OC(=O)CCc2nc3ccccc3c(=O)[nH]2)cc1. The summed E-state index contributed by atoms with van der Waals surface area (Å²) >= 11 is 0. The van der Waals surface area contributed by atoms with Crippen molar-refractivity contribution in [2.75, 3.05) is 6.61 Å². The molecule has 0 aliphatic heterocycles. The molecule has 3 rings (SSSR count). The number of hydrogen-bond acceptors (Lipinski definition) is 6. The van der Waals surface area contributed by atoms with E-state index in [1.54, 1.807) is 48.5 Å². The van der Waals surface area contributed by atoms with Crippen molar-refractivity contribution in [1.29, 1.82) is 0 Å². The second-order valence-electron chi connectivity index (χ2n) is 6.48. The Morgan fingerprint density at radius 1 is 1.10 bits per heavy atom. The predicted octanol–water partition coefficient (Wildman–Crippen LogP) is 3.07. The van der Waals surface area contributed by atoms with Crippen LogP contribution in [0.5, 0.6) is 5.75 Å². The van der Waals surface area contributed by atoms with E-state index in [0.717, 1.165) is 0 Å². The molecule has 0 bridgehead atoms. The average Bonchev–Trinajstić information content (AvgIpc) is 2.72. The zero-order valence-electron chi connectivity index (χ0n) is 16.3. The van der Waals surface area contributed by atoms with Gasteiger partial charge in [-0.3, -0.25) is 14.4 Å². The molecule has 7 heteroatoms. The van der Waals surface area contributed by atoms with Crippen LogP contribution in [-0.4, -0.2) is 34.4 Å². The highest BCUT2D eigenvalue weighted by Crippen LogP contribution is 2.15. The lowest BCUT2D eigenvalue weighted by Crippen LogP contribution is -2.24. The number of para-hydroxylation sites is 1. The van der Waals surface area contributed by atoms with Crippen molar-refractivity contribution in [3.05, 3.63) is 70.3 Å². The van der Waals surface area contributed by atoms with Crippen molar-refractivity contribution in [2.45, 2.75) is 32.8 Å². The van der Waals surface area contributed by atoms with Crippen LogP contribution >= 0.6 is 0 Å². The van der Waals surface area contributed by atoms with Crippen molar-refractivity contribution < 1.29 is 19.1 Å². The first kappa shape index (κ1) is 20.3. The molecule has 1 N–H and O–H groups in total. The summed E-state index contributed by atoms with van der Waals surface area (Å²) in [6, 6.07) is 13.7. The Bertz CT molecular complexity index is 1070. The number of carbonyl (C=O) groups is 2. The van der Waals surface area contributed by atoms with Crippen LogP contribution in [0.3, 0.4) is 0 Å². The molecule has 0 fully saturated rings. The molecule has 150 valence electrons. The van der Waals surface area contributed by atoms with Gasteiger partial charge >= 0.3 is 5.97 Å².